The first-order chi connectivity index (χ1) is 8.18. The fourth-order valence-electron chi connectivity index (χ4n) is 1.97. The van der Waals surface area contributed by atoms with Gasteiger partial charge in [-0.05, 0) is 12.1 Å². The second-order valence-electron chi connectivity index (χ2n) is 3.93. The Bertz CT molecular complexity index is 607. The van der Waals surface area contributed by atoms with Crippen LogP contribution in [0.1, 0.15) is 16.1 Å². The van der Waals surface area contributed by atoms with Crippen LogP contribution in [0, 0.1) is 5.82 Å². The third kappa shape index (κ3) is 1.33. The number of rotatable bonds is 0. The summed E-state index contributed by atoms with van der Waals surface area (Å²) in [4.78, 5) is 13.5. The molecule has 0 spiro atoms. The molecule has 3 rings (SSSR count). The van der Waals surface area contributed by atoms with E-state index in [1.165, 1.54) is 15.6 Å². The Morgan fingerprint density at radius 1 is 1.41 bits per heavy atom. The van der Waals surface area contributed by atoms with Crippen molar-refractivity contribution in [2.24, 2.45) is 0 Å². The molecule has 17 heavy (non-hydrogen) atoms. The van der Waals surface area contributed by atoms with E-state index in [4.69, 9.17) is 0 Å². The van der Waals surface area contributed by atoms with E-state index in [9.17, 15) is 9.18 Å². The van der Waals surface area contributed by atoms with Gasteiger partial charge in [-0.25, -0.2) is 9.07 Å². The molecule has 1 aromatic carbocycles. The minimum atomic E-state index is -0.539. The Labute approximate surface area is 96.5 Å². The normalized spacial score (nSPS) is 14.2. The number of nitrogens with zero attached hydrogens (tertiary/aromatic N) is 4. The van der Waals surface area contributed by atoms with Gasteiger partial charge in [0.25, 0.3) is 5.91 Å². The molecular formula is C11H9FN4O. The SMILES string of the molecule is CN1Cc2cnnn2-c2cccc(F)c2C1=O. The molecule has 1 aliphatic heterocycles. The van der Waals surface area contributed by atoms with E-state index in [1.807, 2.05) is 0 Å². The molecule has 0 radical (unpaired) electrons. The Hall–Kier alpha value is -2.24. The van der Waals surface area contributed by atoms with Crippen LogP contribution in [0.4, 0.5) is 4.39 Å². The molecule has 0 saturated heterocycles. The molecule has 2 heterocycles. The van der Waals surface area contributed by atoms with Crippen molar-refractivity contribution in [3.05, 3.63) is 41.5 Å². The van der Waals surface area contributed by atoms with Gasteiger partial charge in [0.15, 0.2) is 0 Å². The van der Waals surface area contributed by atoms with E-state index in [0.29, 0.717) is 12.2 Å². The number of carbonyl (C=O) groups excluding carboxylic acids is 1. The second-order valence-corrected chi connectivity index (χ2v) is 3.93. The topological polar surface area (TPSA) is 51.0 Å². The number of hydrogen-bond acceptors (Lipinski definition) is 3. The van der Waals surface area contributed by atoms with E-state index < -0.39 is 5.82 Å². The van der Waals surface area contributed by atoms with Crippen molar-refractivity contribution in [3.63, 3.8) is 0 Å². The minimum Gasteiger partial charge on any atom is -0.336 e. The van der Waals surface area contributed by atoms with Crippen LogP contribution < -0.4 is 0 Å². The molecule has 0 bridgehead atoms. The van der Waals surface area contributed by atoms with Crippen LogP contribution in [0.3, 0.4) is 0 Å². The predicted molar refractivity (Wildman–Crippen MR) is 57.1 cm³/mol. The van der Waals surface area contributed by atoms with Crippen molar-refractivity contribution >= 4 is 5.91 Å². The highest BCUT2D eigenvalue weighted by Crippen LogP contribution is 2.24. The lowest BCUT2D eigenvalue weighted by Gasteiger charge is -2.13. The van der Waals surface area contributed by atoms with Gasteiger partial charge in [-0.3, -0.25) is 4.79 Å². The van der Waals surface area contributed by atoms with E-state index in [-0.39, 0.29) is 11.5 Å². The van der Waals surface area contributed by atoms with Crippen molar-refractivity contribution in [2.75, 3.05) is 7.05 Å². The van der Waals surface area contributed by atoms with Gasteiger partial charge in [0.2, 0.25) is 0 Å². The highest BCUT2D eigenvalue weighted by Gasteiger charge is 2.27. The smallest absolute Gasteiger partial charge is 0.259 e. The van der Waals surface area contributed by atoms with Gasteiger partial charge in [-0.15, -0.1) is 5.10 Å². The van der Waals surface area contributed by atoms with Crippen molar-refractivity contribution in [3.8, 4) is 5.69 Å². The van der Waals surface area contributed by atoms with Crippen LogP contribution in [-0.4, -0.2) is 32.8 Å². The van der Waals surface area contributed by atoms with Gasteiger partial charge in [0, 0.05) is 7.05 Å². The molecule has 0 fully saturated rings. The molecule has 5 nitrogen and oxygen atoms in total. The van der Waals surface area contributed by atoms with Crippen LogP contribution in [0.25, 0.3) is 5.69 Å². The van der Waals surface area contributed by atoms with Crippen molar-refractivity contribution < 1.29 is 9.18 Å². The van der Waals surface area contributed by atoms with Gasteiger partial charge in [-0.1, -0.05) is 11.3 Å². The average Bonchev–Trinajstić information content (AvgIpc) is 2.72. The first-order valence-corrected chi connectivity index (χ1v) is 5.12. The molecular weight excluding hydrogens is 223 g/mol. The molecule has 0 atom stereocenters. The van der Waals surface area contributed by atoms with E-state index >= 15 is 0 Å². The highest BCUT2D eigenvalue weighted by atomic mass is 19.1. The Balaban J connectivity index is 2.36. The van der Waals surface area contributed by atoms with Gasteiger partial charge in [0.1, 0.15) is 11.4 Å². The molecule has 2 aromatic rings. The van der Waals surface area contributed by atoms with Crippen LogP contribution in [0.2, 0.25) is 0 Å². The lowest BCUT2D eigenvalue weighted by atomic mass is 10.1. The number of aromatic nitrogens is 3. The maximum absolute atomic E-state index is 13.8. The van der Waals surface area contributed by atoms with E-state index in [1.54, 1.807) is 25.4 Å². The van der Waals surface area contributed by atoms with Crippen LogP contribution >= 0.6 is 0 Å². The number of fused-ring (bicyclic) bond motifs is 3. The second kappa shape index (κ2) is 3.38. The fourth-order valence-corrected chi connectivity index (χ4v) is 1.97. The maximum Gasteiger partial charge on any atom is 0.259 e. The quantitative estimate of drug-likeness (QED) is 0.680. The number of amides is 1. The monoisotopic (exact) mass is 232 g/mol. The molecule has 6 heteroatoms. The number of halogens is 1. The summed E-state index contributed by atoms with van der Waals surface area (Å²) in [6, 6.07) is 4.48. The lowest BCUT2D eigenvalue weighted by Crippen LogP contribution is -2.25. The first-order valence-electron chi connectivity index (χ1n) is 5.12. The van der Waals surface area contributed by atoms with Crippen LogP contribution in [0.15, 0.2) is 24.4 Å². The minimum absolute atomic E-state index is 0.0410. The fraction of sp³-hybridized carbons (Fsp3) is 0.182. The van der Waals surface area contributed by atoms with Crippen LogP contribution in [0.5, 0.6) is 0 Å². The zero-order chi connectivity index (χ0) is 12.0. The van der Waals surface area contributed by atoms with Gasteiger partial charge < -0.3 is 4.90 Å². The Kier molecular flexibility index (Phi) is 1.98. The Morgan fingerprint density at radius 3 is 3.06 bits per heavy atom. The number of hydrogen-bond donors (Lipinski definition) is 0. The summed E-state index contributed by atoms with van der Waals surface area (Å²) in [6.07, 6.45) is 1.57. The van der Waals surface area contributed by atoms with E-state index in [2.05, 4.69) is 10.3 Å². The van der Waals surface area contributed by atoms with Crippen LogP contribution in [-0.2, 0) is 6.54 Å². The molecule has 0 saturated carbocycles. The molecule has 1 aliphatic rings. The third-order valence-corrected chi connectivity index (χ3v) is 2.80. The number of carbonyl (C=O) groups is 1. The average molecular weight is 232 g/mol. The van der Waals surface area contributed by atoms with Crippen molar-refractivity contribution in [1.29, 1.82) is 0 Å². The Morgan fingerprint density at radius 2 is 2.24 bits per heavy atom. The summed E-state index contributed by atoms with van der Waals surface area (Å²) in [5.74, 6) is -0.883. The molecule has 86 valence electrons. The summed E-state index contributed by atoms with van der Waals surface area (Å²) in [6.45, 7) is 0.361. The largest absolute Gasteiger partial charge is 0.336 e. The first kappa shape index (κ1) is 9.95. The summed E-state index contributed by atoms with van der Waals surface area (Å²) in [5, 5.41) is 7.68. The number of benzene rings is 1. The molecule has 1 amide bonds. The molecule has 0 unspecified atom stereocenters. The van der Waals surface area contributed by atoms with Gasteiger partial charge >= 0.3 is 0 Å². The third-order valence-electron chi connectivity index (χ3n) is 2.80. The van der Waals surface area contributed by atoms with Crippen molar-refractivity contribution in [1.82, 2.24) is 19.9 Å². The van der Waals surface area contributed by atoms with Gasteiger partial charge in [0.05, 0.1) is 24.1 Å². The lowest BCUT2D eigenvalue weighted by molar-refractivity contribution is 0.0783. The summed E-state index contributed by atoms with van der Waals surface area (Å²) in [7, 11) is 1.63. The summed E-state index contributed by atoms with van der Waals surface area (Å²) >= 11 is 0. The standard InChI is InChI=1S/C11H9FN4O/c1-15-6-7-5-13-14-16(7)9-4-2-3-8(12)10(9)11(15)17/h2-5H,6H2,1H3. The maximum atomic E-state index is 13.8. The highest BCUT2D eigenvalue weighted by molar-refractivity contribution is 5.98. The molecule has 0 aliphatic carbocycles. The zero-order valence-electron chi connectivity index (χ0n) is 9.09. The molecule has 0 N–H and O–H groups in total. The zero-order valence-corrected chi connectivity index (χ0v) is 9.09. The van der Waals surface area contributed by atoms with Gasteiger partial charge in [-0.2, -0.15) is 0 Å². The van der Waals surface area contributed by atoms with E-state index in [0.717, 1.165) is 5.69 Å². The van der Waals surface area contributed by atoms with Crippen molar-refractivity contribution in [2.45, 2.75) is 6.54 Å². The summed E-state index contributed by atoms with van der Waals surface area (Å²) in [5.41, 5.74) is 1.23. The summed E-state index contributed by atoms with van der Waals surface area (Å²) < 4.78 is 15.3. The predicted octanol–water partition coefficient (Wildman–Crippen LogP) is 0.992. The molecule has 1 aromatic heterocycles.